The van der Waals surface area contributed by atoms with Gasteiger partial charge >= 0.3 is 0 Å². The van der Waals surface area contributed by atoms with Crippen molar-refractivity contribution in [1.82, 2.24) is 14.6 Å². The summed E-state index contributed by atoms with van der Waals surface area (Å²) in [6.45, 7) is 3.79. The monoisotopic (exact) mass is 335 g/mol. The predicted molar refractivity (Wildman–Crippen MR) is 88.0 cm³/mol. The molecular formula is C15H14FN3OS2. The van der Waals surface area contributed by atoms with E-state index in [4.69, 9.17) is 0 Å². The zero-order valence-corrected chi connectivity index (χ0v) is 13.7. The van der Waals surface area contributed by atoms with Gasteiger partial charge in [0.25, 0.3) is 5.56 Å². The average molecular weight is 335 g/mol. The first-order valence-electron chi connectivity index (χ1n) is 6.77. The van der Waals surface area contributed by atoms with Crippen molar-refractivity contribution >= 4 is 28.1 Å². The third kappa shape index (κ3) is 3.05. The van der Waals surface area contributed by atoms with Crippen LogP contribution in [0.4, 0.5) is 4.39 Å². The van der Waals surface area contributed by atoms with Gasteiger partial charge in [-0.15, -0.1) is 11.8 Å². The minimum Gasteiger partial charge on any atom is -0.267 e. The summed E-state index contributed by atoms with van der Waals surface area (Å²) in [5.41, 5.74) is 1.18. The minimum atomic E-state index is -0.205. The number of benzene rings is 1. The molecular weight excluding hydrogens is 321 g/mol. The zero-order valence-electron chi connectivity index (χ0n) is 12.1. The number of hydrogen-bond donors (Lipinski definition) is 0. The van der Waals surface area contributed by atoms with Gasteiger partial charge in [-0.3, -0.25) is 4.79 Å². The van der Waals surface area contributed by atoms with E-state index in [0.29, 0.717) is 22.0 Å². The maximum atomic E-state index is 13.8. The molecule has 7 heteroatoms. The van der Waals surface area contributed by atoms with Gasteiger partial charge in [-0.1, -0.05) is 29.5 Å². The summed E-state index contributed by atoms with van der Waals surface area (Å²) in [6.07, 6.45) is 0. The maximum absolute atomic E-state index is 13.8. The molecule has 1 unspecified atom stereocenters. The topological polar surface area (TPSA) is 47.3 Å². The second-order valence-corrected chi connectivity index (χ2v) is 7.37. The highest BCUT2D eigenvalue weighted by Gasteiger charge is 2.12. The first-order chi connectivity index (χ1) is 10.5. The van der Waals surface area contributed by atoms with Crippen LogP contribution < -0.4 is 5.56 Å². The molecule has 22 heavy (non-hydrogen) atoms. The van der Waals surface area contributed by atoms with E-state index in [1.165, 1.54) is 28.0 Å². The maximum Gasteiger partial charge on any atom is 0.275 e. The Kier molecular flexibility index (Phi) is 4.26. The van der Waals surface area contributed by atoms with Crippen LogP contribution >= 0.6 is 23.1 Å². The Morgan fingerprint density at radius 1 is 1.41 bits per heavy atom. The Labute approximate surface area is 135 Å². The highest BCUT2D eigenvalue weighted by molar-refractivity contribution is 7.98. The van der Waals surface area contributed by atoms with Crippen molar-refractivity contribution < 1.29 is 4.39 Å². The van der Waals surface area contributed by atoms with E-state index < -0.39 is 0 Å². The number of aryl methyl sites for hydroxylation is 1. The number of rotatable bonds is 4. The molecule has 114 valence electrons. The van der Waals surface area contributed by atoms with Crippen molar-refractivity contribution in [2.75, 3.05) is 0 Å². The number of fused-ring (bicyclic) bond motifs is 1. The van der Waals surface area contributed by atoms with Gasteiger partial charge in [0, 0.05) is 22.6 Å². The molecule has 3 aromatic rings. The van der Waals surface area contributed by atoms with Crippen LogP contribution in [0.15, 0.2) is 35.1 Å². The molecule has 0 radical (unpaired) electrons. The Morgan fingerprint density at radius 3 is 2.95 bits per heavy atom. The molecule has 1 atom stereocenters. The van der Waals surface area contributed by atoms with E-state index in [2.05, 4.69) is 10.1 Å². The normalized spacial score (nSPS) is 12.7. The van der Waals surface area contributed by atoms with E-state index in [0.717, 1.165) is 5.01 Å². The lowest BCUT2D eigenvalue weighted by atomic mass is 10.1. The molecule has 0 amide bonds. The molecule has 4 nitrogen and oxygen atoms in total. The van der Waals surface area contributed by atoms with Crippen LogP contribution in [0.5, 0.6) is 0 Å². The lowest BCUT2D eigenvalue weighted by Crippen LogP contribution is -2.15. The van der Waals surface area contributed by atoms with Crippen molar-refractivity contribution in [3.8, 4) is 0 Å². The highest BCUT2D eigenvalue weighted by atomic mass is 32.2. The lowest BCUT2D eigenvalue weighted by Gasteiger charge is -2.12. The third-order valence-corrected chi connectivity index (χ3v) is 5.26. The third-order valence-electron chi connectivity index (χ3n) is 3.22. The van der Waals surface area contributed by atoms with Gasteiger partial charge in [-0.05, 0) is 19.9 Å². The van der Waals surface area contributed by atoms with Gasteiger partial charge in [0.1, 0.15) is 10.8 Å². The number of thioether (sulfide) groups is 1. The quantitative estimate of drug-likeness (QED) is 0.731. The summed E-state index contributed by atoms with van der Waals surface area (Å²) < 4.78 is 15.1. The van der Waals surface area contributed by atoms with Gasteiger partial charge < -0.3 is 0 Å². The van der Waals surface area contributed by atoms with E-state index in [-0.39, 0.29) is 16.6 Å². The summed E-state index contributed by atoms with van der Waals surface area (Å²) >= 11 is 2.94. The summed E-state index contributed by atoms with van der Waals surface area (Å²) in [7, 11) is 0. The van der Waals surface area contributed by atoms with Crippen LogP contribution in [0.2, 0.25) is 0 Å². The summed E-state index contributed by atoms with van der Waals surface area (Å²) in [5.74, 6) is 0.349. The molecule has 0 spiro atoms. The molecule has 0 aliphatic heterocycles. The van der Waals surface area contributed by atoms with Crippen molar-refractivity contribution in [2.45, 2.75) is 24.9 Å². The molecule has 0 bridgehead atoms. The van der Waals surface area contributed by atoms with Gasteiger partial charge in [0.05, 0.1) is 5.69 Å². The number of halogens is 1. The van der Waals surface area contributed by atoms with Gasteiger partial charge in [-0.2, -0.15) is 9.61 Å². The molecule has 0 saturated carbocycles. The van der Waals surface area contributed by atoms with Gasteiger partial charge in [-0.25, -0.2) is 9.37 Å². The fourth-order valence-corrected chi connectivity index (χ4v) is 3.84. The number of hydrogen-bond acceptors (Lipinski definition) is 5. The Hall–Kier alpha value is -1.73. The van der Waals surface area contributed by atoms with E-state index in [9.17, 15) is 9.18 Å². The first-order valence-corrected chi connectivity index (χ1v) is 8.63. The average Bonchev–Trinajstić information content (AvgIpc) is 2.86. The van der Waals surface area contributed by atoms with Crippen molar-refractivity contribution in [3.05, 3.63) is 62.8 Å². The summed E-state index contributed by atoms with van der Waals surface area (Å²) in [5, 5.41) is 4.90. The van der Waals surface area contributed by atoms with Crippen LogP contribution in [0, 0.1) is 12.7 Å². The van der Waals surface area contributed by atoms with E-state index in [1.54, 1.807) is 23.9 Å². The number of aromatic nitrogens is 3. The van der Waals surface area contributed by atoms with Crippen LogP contribution in [0.1, 0.15) is 28.4 Å². The molecule has 2 heterocycles. The fourth-order valence-electron chi connectivity index (χ4n) is 2.13. The Balaban J connectivity index is 1.79. The van der Waals surface area contributed by atoms with Crippen LogP contribution in [-0.4, -0.2) is 14.6 Å². The minimum absolute atomic E-state index is 0.00958. The van der Waals surface area contributed by atoms with Crippen molar-refractivity contribution in [2.24, 2.45) is 0 Å². The molecule has 0 fully saturated rings. The molecule has 0 N–H and O–H groups in total. The van der Waals surface area contributed by atoms with Gasteiger partial charge in [0.15, 0.2) is 0 Å². The second kappa shape index (κ2) is 6.18. The van der Waals surface area contributed by atoms with Crippen LogP contribution in [0.25, 0.3) is 4.96 Å². The first kappa shape index (κ1) is 15.2. The van der Waals surface area contributed by atoms with Crippen molar-refractivity contribution in [1.29, 1.82) is 0 Å². The molecule has 0 aliphatic carbocycles. The summed E-state index contributed by atoms with van der Waals surface area (Å²) in [6, 6.07) is 8.24. The highest BCUT2D eigenvalue weighted by Crippen LogP contribution is 2.31. The second-order valence-electron chi connectivity index (χ2n) is 4.88. The van der Waals surface area contributed by atoms with E-state index in [1.807, 2.05) is 19.9 Å². The zero-order chi connectivity index (χ0) is 15.7. The summed E-state index contributed by atoms with van der Waals surface area (Å²) in [4.78, 5) is 17.0. The predicted octanol–water partition coefficient (Wildman–Crippen LogP) is 3.59. The molecule has 1 aromatic carbocycles. The lowest BCUT2D eigenvalue weighted by molar-refractivity contribution is 0.611. The molecule has 0 aliphatic rings. The Morgan fingerprint density at radius 2 is 2.18 bits per heavy atom. The molecule has 3 rings (SSSR count). The smallest absolute Gasteiger partial charge is 0.267 e. The number of nitrogens with zero attached hydrogens (tertiary/aromatic N) is 3. The van der Waals surface area contributed by atoms with Crippen LogP contribution in [-0.2, 0) is 5.75 Å². The SMILES string of the molecule is Cc1nn2c(=O)cc(CSC(C)c3ccccc3F)nc2s1. The molecule has 2 aromatic heterocycles. The Bertz CT molecular complexity index is 875. The van der Waals surface area contributed by atoms with Crippen LogP contribution in [0.3, 0.4) is 0 Å². The van der Waals surface area contributed by atoms with E-state index >= 15 is 0 Å². The molecule has 0 saturated heterocycles. The van der Waals surface area contributed by atoms with Crippen molar-refractivity contribution in [3.63, 3.8) is 0 Å². The van der Waals surface area contributed by atoms with Gasteiger partial charge in [0.2, 0.25) is 4.96 Å². The fraction of sp³-hybridized carbons (Fsp3) is 0.267. The standard InChI is InChI=1S/C15H14FN3OS2/c1-9(12-5-3-4-6-13(12)16)21-8-11-7-14(20)19-15(17-11)22-10(2)18-19/h3-7,9H,8H2,1-2H3. The largest absolute Gasteiger partial charge is 0.275 e.